The highest BCUT2D eigenvalue weighted by Gasteiger charge is 2.26. The van der Waals surface area contributed by atoms with Gasteiger partial charge in [-0.25, -0.2) is 14.0 Å². The van der Waals surface area contributed by atoms with Crippen molar-refractivity contribution in [2.24, 2.45) is 0 Å². The van der Waals surface area contributed by atoms with Gasteiger partial charge in [0.1, 0.15) is 5.60 Å². The molecule has 3 rings (SSSR count). The molecule has 33 heavy (non-hydrogen) atoms. The van der Waals surface area contributed by atoms with Crippen LogP contribution in [0.3, 0.4) is 0 Å². The van der Waals surface area contributed by atoms with Gasteiger partial charge in [-0.15, -0.1) is 0 Å². The smallest absolute Gasteiger partial charge is 0.415 e. The van der Waals surface area contributed by atoms with Crippen LogP contribution in [0.4, 0.5) is 20.6 Å². The molecule has 178 valence electrons. The van der Waals surface area contributed by atoms with E-state index in [0.717, 1.165) is 0 Å². The van der Waals surface area contributed by atoms with E-state index >= 15 is 0 Å². The number of carboxylic acids is 1. The summed E-state index contributed by atoms with van der Waals surface area (Å²) in [5.74, 6) is -1.59. The van der Waals surface area contributed by atoms with E-state index in [9.17, 15) is 19.1 Å². The van der Waals surface area contributed by atoms with Gasteiger partial charge in [0.25, 0.3) is 0 Å². The maximum Gasteiger partial charge on any atom is 0.415 e. The molecular weight excluding hydrogens is 431 g/mol. The Morgan fingerprint density at radius 2 is 1.85 bits per heavy atom. The second kappa shape index (κ2) is 10.1. The van der Waals surface area contributed by atoms with E-state index in [0.29, 0.717) is 43.2 Å². The molecule has 0 bridgehead atoms. The Kier molecular flexibility index (Phi) is 7.43. The molecule has 8 nitrogen and oxygen atoms in total. The van der Waals surface area contributed by atoms with E-state index in [1.807, 2.05) is 4.90 Å². The lowest BCUT2D eigenvalue weighted by Crippen LogP contribution is -2.38. The fraction of sp³-hybridized carbons (Fsp3) is 0.417. The van der Waals surface area contributed by atoms with Crippen molar-refractivity contribution in [3.63, 3.8) is 0 Å². The molecule has 0 atom stereocenters. The van der Waals surface area contributed by atoms with Gasteiger partial charge < -0.3 is 24.2 Å². The van der Waals surface area contributed by atoms with E-state index in [2.05, 4.69) is 0 Å². The van der Waals surface area contributed by atoms with Crippen LogP contribution in [0.5, 0.6) is 5.75 Å². The standard InChI is InChI=1S/C24H29FN2O6/c1-24(2,3)33-23(30)27(15-16-5-8-21(31-4)19(25)13-16)17-6-7-20(18(14-17)22(28)29)26-9-11-32-12-10-26/h5-8,13-14H,9-12,15H2,1-4H3,(H,28,29). The highest BCUT2D eigenvalue weighted by atomic mass is 19.1. The first-order valence-corrected chi connectivity index (χ1v) is 10.6. The molecule has 1 amide bonds. The van der Waals surface area contributed by atoms with Crippen LogP contribution in [-0.2, 0) is 16.0 Å². The van der Waals surface area contributed by atoms with Gasteiger partial charge in [-0.2, -0.15) is 0 Å². The quantitative estimate of drug-likeness (QED) is 0.687. The molecule has 0 aromatic heterocycles. The molecule has 0 aliphatic carbocycles. The second-order valence-electron chi connectivity index (χ2n) is 8.64. The first-order valence-electron chi connectivity index (χ1n) is 10.6. The highest BCUT2D eigenvalue weighted by molar-refractivity contribution is 5.97. The van der Waals surface area contributed by atoms with Crippen molar-refractivity contribution in [3.8, 4) is 5.75 Å². The number of hydrogen-bond donors (Lipinski definition) is 1. The van der Waals surface area contributed by atoms with Gasteiger partial charge in [0.2, 0.25) is 0 Å². The van der Waals surface area contributed by atoms with Gasteiger partial charge in [0, 0.05) is 18.8 Å². The number of carboxylic acid groups (broad SMARTS) is 1. The zero-order valence-electron chi connectivity index (χ0n) is 19.3. The average Bonchev–Trinajstić information content (AvgIpc) is 2.76. The number of halogens is 1. The molecule has 1 fully saturated rings. The van der Waals surface area contributed by atoms with Crippen LogP contribution in [0.15, 0.2) is 36.4 Å². The zero-order chi connectivity index (χ0) is 24.2. The molecular formula is C24H29FN2O6. The Balaban J connectivity index is 2.00. The third-order valence-corrected chi connectivity index (χ3v) is 5.04. The van der Waals surface area contributed by atoms with Gasteiger partial charge in [0.05, 0.1) is 38.1 Å². The summed E-state index contributed by atoms with van der Waals surface area (Å²) in [4.78, 5) is 28.3. The SMILES string of the molecule is COc1ccc(CN(C(=O)OC(C)(C)C)c2ccc(N3CCOCC3)c(C(=O)O)c2)cc1F. The van der Waals surface area contributed by atoms with Crippen molar-refractivity contribution in [1.29, 1.82) is 0 Å². The minimum Gasteiger partial charge on any atom is -0.494 e. The number of carbonyl (C=O) groups is 2. The summed E-state index contributed by atoms with van der Waals surface area (Å²) in [6.07, 6.45) is -0.672. The fourth-order valence-corrected chi connectivity index (χ4v) is 3.51. The number of amides is 1. The van der Waals surface area contributed by atoms with Crippen molar-refractivity contribution < 1.29 is 33.3 Å². The molecule has 1 aliphatic rings. The highest BCUT2D eigenvalue weighted by Crippen LogP contribution is 2.30. The number of carbonyl (C=O) groups excluding carboxylic acids is 1. The monoisotopic (exact) mass is 460 g/mol. The first-order chi connectivity index (χ1) is 15.6. The van der Waals surface area contributed by atoms with Crippen LogP contribution < -0.4 is 14.5 Å². The van der Waals surface area contributed by atoms with Crippen molar-refractivity contribution in [2.75, 3.05) is 43.2 Å². The molecule has 2 aromatic carbocycles. The number of hydrogen-bond acceptors (Lipinski definition) is 6. The first kappa shape index (κ1) is 24.3. The molecule has 1 aliphatic heterocycles. The van der Waals surface area contributed by atoms with Crippen LogP contribution >= 0.6 is 0 Å². The molecule has 0 radical (unpaired) electrons. The lowest BCUT2D eigenvalue weighted by molar-refractivity contribution is 0.0575. The van der Waals surface area contributed by atoms with E-state index < -0.39 is 23.5 Å². The Labute approximate surface area is 192 Å². The Hall–Kier alpha value is -3.33. The predicted molar refractivity (Wildman–Crippen MR) is 122 cm³/mol. The number of benzene rings is 2. The number of morpholine rings is 1. The normalized spacial score (nSPS) is 14.0. The third-order valence-electron chi connectivity index (χ3n) is 5.04. The van der Waals surface area contributed by atoms with Crippen molar-refractivity contribution >= 4 is 23.4 Å². The fourth-order valence-electron chi connectivity index (χ4n) is 3.51. The number of nitrogens with zero attached hydrogens (tertiary/aromatic N) is 2. The topological polar surface area (TPSA) is 88.5 Å². The summed E-state index contributed by atoms with van der Waals surface area (Å²) in [5.41, 5.74) is 0.658. The zero-order valence-corrected chi connectivity index (χ0v) is 19.3. The van der Waals surface area contributed by atoms with E-state index in [1.54, 1.807) is 39.0 Å². The number of anilines is 2. The molecule has 1 N–H and O–H groups in total. The van der Waals surface area contributed by atoms with Gasteiger partial charge in [-0.05, 0) is 56.7 Å². The van der Waals surface area contributed by atoms with Gasteiger partial charge in [-0.3, -0.25) is 4.90 Å². The maximum atomic E-state index is 14.3. The Bertz CT molecular complexity index is 1010. The lowest BCUT2D eigenvalue weighted by atomic mass is 10.1. The van der Waals surface area contributed by atoms with E-state index in [-0.39, 0.29) is 17.9 Å². The lowest BCUT2D eigenvalue weighted by Gasteiger charge is -2.31. The summed E-state index contributed by atoms with van der Waals surface area (Å²) in [5, 5.41) is 9.86. The summed E-state index contributed by atoms with van der Waals surface area (Å²) in [6, 6.07) is 9.17. The Morgan fingerprint density at radius 1 is 1.15 bits per heavy atom. The largest absolute Gasteiger partial charge is 0.494 e. The maximum absolute atomic E-state index is 14.3. The molecule has 0 spiro atoms. The summed E-state index contributed by atoms with van der Waals surface area (Å²) in [7, 11) is 1.37. The van der Waals surface area contributed by atoms with Crippen LogP contribution in [0.25, 0.3) is 0 Å². The van der Waals surface area contributed by atoms with Crippen molar-refractivity contribution in [3.05, 3.63) is 53.3 Å². The Morgan fingerprint density at radius 3 is 2.42 bits per heavy atom. The summed E-state index contributed by atoms with van der Waals surface area (Å²) >= 11 is 0. The number of methoxy groups -OCH3 is 1. The minimum atomic E-state index is -1.11. The molecule has 1 saturated heterocycles. The van der Waals surface area contributed by atoms with E-state index in [1.165, 1.54) is 30.2 Å². The van der Waals surface area contributed by atoms with Gasteiger partial charge in [0.15, 0.2) is 11.6 Å². The average molecular weight is 461 g/mol. The summed E-state index contributed by atoms with van der Waals surface area (Å²) < 4.78 is 30.1. The molecule has 0 unspecified atom stereocenters. The molecule has 9 heteroatoms. The number of aromatic carboxylic acids is 1. The summed E-state index contributed by atoms with van der Waals surface area (Å²) in [6.45, 7) is 7.34. The van der Waals surface area contributed by atoms with Crippen molar-refractivity contribution in [2.45, 2.75) is 32.9 Å². The number of ether oxygens (including phenoxy) is 3. The van der Waals surface area contributed by atoms with Crippen molar-refractivity contribution in [1.82, 2.24) is 0 Å². The molecule has 2 aromatic rings. The molecule has 1 heterocycles. The molecule has 0 saturated carbocycles. The van der Waals surface area contributed by atoms with E-state index in [4.69, 9.17) is 14.2 Å². The van der Waals surface area contributed by atoms with Crippen LogP contribution in [0, 0.1) is 5.82 Å². The second-order valence-corrected chi connectivity index (χ2v) is 8.64. The predicted octanol–water partition coefficient (Wildman–Crippen LogP) is 4.31. The van der Waals surface area contributed by atoms with Gasteiger partial charge in [-0.1, -0.05) is 6.07 Å². The van der Waals surface area contributed by atoms with Crippen LogP contribution in [0.1, 0.15) is 36.7 Å². The van der Waals surface area contributed by atoms with Crippen LogP contribution in [-0.4, -0.2) is 56.2 Å². The van der Waals surface area contributed by atoms with Crippen LogP contribution in [0.2, 0.25) is 0 Å². The number of rotatable bonds is 6. The van der Waals surface area contributed by atoms with Gasteiger partial charge >= 0.3 is 12.1 Å². The third kappa shape index (κ3) is 6.13. The minimum absolute atomic E-state index is 0.0220.